The summed E-state index contributed by atoms with van der Waals surface area (Å²) < 4.78 is 12.0. The van der Waals surface area contributed by atoms with Gasteiger partial charge in [-0.25, -0.2) is 4.79 Å². The minimum Gasteiger partial charge on any atom is -0.348 e. The van der Waals surface area contributed by atoms with Gasteiger partial charge in [0.2, 0.25) is 5.91 Å². The number of hydrogen-bond donors (Lipinski definition) is 2. The Hall–Kier alpha value is -2.00. The van der Waals surface area contributed by atoms with Gasteiger partial charge in [-0.2, -0.15) is 0 Å². The third-order valence-corrected chi connectivity index (χ3v) is 6.91. The average Bonchev–Trinajstić information content (AvgIpc) is 3.29. The second kappa shape index (κ2) is 13.9. The maximum absolute atomic E-state index is 13.8. The van der Waals surface area contributed by atoms with Crippen LogP contribution in [0, 0.1) is 11.8 Å². The first kappa shape index (κ1) is 27.6. The first-order chi connectivity index (χ1) is 16.9. The highest BCUT2D eigenvalue weighted by molar-refractivity contribution is 5.95. The number of likely N-dealkylation sites (N-methyl/N-ethyl adjacent to an activating group) is 1. The second-order valence-corrected chi connectivity index (χ2v) is 10.1. The molecule has 2 aliphatic rings. The van der Waals surface area contributed by atoms with Gasteiger partial charge in [-0.3, -0.25) is 9.69 Å². The molecule has 8 nitrogen and oxygen atoms in total. The van der Waals surface area contributed by atoms with Gasteiger partial charge >= 0.3 is 6.03 Å². The number of hydrogen-bond acceptors (Lipinski definition) is 6. The first-order valence-electron chi connectivity index (χ1n) is 13.2. The van der Waals surface area contributed by atoms with E-state index in [0.29, 0.717) is 45.3 Å². The molecule has 0 radical (unpaired) electrons. The molecule has 0 bridgehead atoms. The number of carbonyl (C=O) groups excluding carboxylic acids is 2. The summed E-state index contributed by atoms with van der Waals surface area (Å²) in [5.74, 6) is -0.524. The summed E-state index contributed by atoms with van der Waals surface area (Å²) >= 11 is 0. The van der Waals surface area contributed by atoms with Gasteiger partial charge in [-0.05, 0) is 44.8 Å². The van der Waals surface area contributed by atoms with Crippen LogP contribution < -0.4 is 10.6 Å². The van der Waals surface area contributed by atoms with Gasteiger partial charge in [0.15, 0.2) is 5.79 Å². The molecule has 1 heterocycles. The molecule has 1 aliphatic heterocycles. The molecule has 1 saturated heterocycles. The van der Waals surface area contributed by atoms with E-state index in [-0.39, 0.29) is 17.9 Å². The van der Waals surface area contributed by atoms with Crippen molar-refractivity contribution in [2.24, 2.45) is 11.8 Å². The van der Waals surface area contributed by atoms with Crippen LogP contribution in [0.4, 0.5) is 4.79 Å². The lowest BCUT2D eigenvalue weighted by atomic mass is 9.79. The van der Waals surface area contributed by atoms with Crippen molar-refractivity contribution >= 4 is 11.9 Å². The van der Waals surface area contributed by atoms with E-state index in [9.17, 15) is 9.59 Å². The normalized spacial score (nSPS) is 20.2. The van der Waals surface area contributed by atoms with Crippen LogP contribution in [-0.2, 0) is 20.8 Å². The topological polar surface area (TPSA) is 83.1 Å². The molecule has 1 unspecified atom stereocenters. The van der Waals surface area contributed by atoms with Gasteiger partial charge in [0.25, 0.3) is 0 Å². The number of rotatable bonds is 12. The fourth-order valence-corrected chi connectivity index (χ4v) is 5.16. The van der Waals surface area contributed by atoms with Crippen molar-refractivity contribution < 1.29 is 19.1 Å². The zero-order chi connectivity index (χ0) is 25.1. The summed E-state index contributed by atoms with van der Waals surface area (Å²) in [4.78, 5) is 30.2. The number of nitrogens with one attached hydrogen (secondary N) is 2. The Bertz CT molecular complexity index is 783. The average molecular weight is 489 g/mol. The van der Waals surface area contributed by atoms with Crippen LogP contribution in [0.3, 0.4) is 0 Å². The summed E-state index contributed by atoms with van der Waals surface area (Å²) in [5.41, 5.74) is 1.18. The van der Waals surface area contributed by atoms with Crippen LogP contribution in [0.15, 0.2) is 30.3 Å². The number of benzene rings is 1. The van der Waals surface area contributed by atoms with Crippen molar-refractivity contribution in [2.45, 2.75) is 57.8 Å². The minimum absolute atomic E-state index is 0.0948. The Balaban J connectivity index is 1.67. The highest BCUT2D eigenvalue weighted by atomic mass is 16.7. The van der Waals surface area contributed by atoms with Gasteiger partial charge in [-0.1, -0.05) is 43.7 Å². The third-order valence-electron chi connectivity index (χ3n) is 6.91. The Kier molecular flexibility index (Phi) is 11.0. The molecule has 1 aliphatic carbocycles. The number of carbonyl (C=O) groups is 2. The van der Waals surface area contributed by atoms with Crippen molar-refractivity contribution in [1.29, 1.82) is 0 Å². The van der Waals surface area contributed by atoms with E-state index in [1.807, 2.05) is 44.1 Å². The maximum atomic E-state index is 13.8. The van der Waals surface area contributed by atoms with E-state index in [1.165, 1.54) is 10.5 Å². The fraction of sp³-hybridized carbons (Fsp3) is 0.704. The molecular formula is C27H44N4O4. The van der Waals surface area contributed by atoms with Gasteiger partial charge in [-0.15, -0.1) is 0 Å². The van der Waals surface area contributed by atoms with Crippen molar-refractivity contribution in [3.63, 3.8) is 0 Å². The lowest BCUT2D eigenvalue weighted by molar-refractivity contribution is -0.188. The number of urea groups is 1. The molecule has 3 amide bonds. The molecule has 196 valence electrons. The van der Waals surface area contributed by atoms with Crippen molar-refractivity contribution in [2.75, 3.05) is 53.5 Å². The molecular weight excluding hydrogens is 444 g/mol. The predicted octanol–water partition coefficient (Wildman–Crippen LogP) is 3.23. The zero-order valence-corrected chi connectivity index (χ0v) is 21.8. The van der Waals surface area contributed by atoms with Crippen LogP contribution in [0.1, 0.15) is 51.0 Å². The van der Waals surface area contributed by atoms with Gasteiger partial charge in [0.1, 0.15) is 0 Å². The number of ether oxygens (including phenoxy) is 2. The molecule has 1 saturated carbocycles. The molecule has 0 aromatic heterocycles. The number of imide groups is 1. The van der Waals surface area contributed by atoms with Crippen LogP contribution >= 0.6 is 0 Å². The standard InChI is InChI=1S/C27H44N4O4/c1-4-14-31(26(33)29-13-15-30(2)3)25(32)24(21-28-20-22-9-6-5-7-10-22)18-23-11-8-12-27(19-23)34-16-17-35-27/h5-7,9-10,23-24,28H,4,8,11-21H2,1-3H3,(H,29,33)/t23-,24?/m1/s1. The largest absolute Gasteiger partial charge is 0.348 e. The van der Waals surface area contributed by atoms with E-state index >= 15 is 0 Å². The van der Waals surface area contributed by atoms with Crippen LogP contribution in [0.5, 0.6) is 0 Å². The highest BCUT2D eigenvalue weighted by Gasteiger charge is 2.42. The third kappa shape index (κ3) is 8.56. The smallest absolute Gasteiger partial charge is 0.324 e. The van der Waals surface area contributed by atoms with Crippen molar-refractivity contribution in [1.82, 2.24) is 20.4 Å². The summed E-state index contributed by atoms with van der Waals surface area (Å²) in [6.45, 7) is 6.16. The molecule has 2 atom stereocenters. The second-order valence-electron chi connectivity index (χ2n) is 10.1. The quantitative estimate of drug-likeness (QED) is 0.470. The van der Waals surface area contributed by atoms with Crippen LogP contribution in [0.25, 0.3) is 0 Å². The highest BCUT2D eigenvalue weighted by Crippen LogP contribution is 2.41. The first-order valence-corrected chi connectivity index (χ1v) is 13.2. The molecule has 2 fully saturated rings. The number of nitrogens with zero attached hydrogens (tertiary/aromatic N) is 2. The monoisotopic (exact) mass is 488 g/mol. The predicted molar refractivity (Wildman–Crippen MR) is 137 cm³/mol. The van der Waals surface area contributed by atoms with E-state index in [4.69, 9.17) is 9.47 Å². The zero-order valence-electron chi connectivity index (χ0n) is 21.8. The molecule has 35 heavy (non-hydrogen) atoms. The van der Waals surface area contributed by atoms with E-state index in [1.54, 1.807) is 0 Å². The van der Waals surface area contributed by atoms with Gasteiger partial charge in [0.05, 0.1) is 19.1 Å². The minimum atomic E-state index is -0.472. The molecule has 8 heteroatoms. The van der Waals surface area contributed by atoms with Crippen LogP contribution in [-0.4, -0.2) is 81.0 Å². The molecule has 1 aromatic rings. The number of amides is 3. The summed E-state index contributed by atoms with van der Waals surface area (Å²) in [6.07, 6.45) is 5.28. The Morgan fingerprint density at radius 3 is 2.57 bits per heavy atom. The van der Waals surface area contributed by atoms with Gasteiger partial charge in [0, 0.05) is 45.6 Å². The maximum Gasteiger partial charge on any atom is 0.324 e. The van der Waals surface area contributed by atoms with E-state index in [0.717, 1.165) is 45.1 Å². The Labute approximate surface area is 210 Å². The van der Waals surface area contributed by atoms with Crippen molar-refractivity contribution in [3.05, 3.63) is 35.9 Å². The Morgan fingerprint density at radius 1 is 1.14 bits per heavy atom. The van der Waals surface area contributed by atoms with Crippen molar-refractivity contribution in [3.8, 4) is 0 Å². The van der Waals surface area contributed by atoms with E-state index < -0.39 is 5.79 Å². The Morgan fingerprint density at radius 2 is 1.89 bits per heavy atom. The summed E-state index contributed by atoms with van der Waals surface area (Å²) in [5, 5.41) is 6.40. The van der Waals surface area contributed by atoms with Crippen LogP contribution in [0.2, 0.25) is 0 Å². The SMILES string of the molecule is CCCN(C(=O)NCCN(C)C)C(=O)C(CNCc1ccccc1)C[C@H]1CCCC2(C1)OCCO2. The molecule has 1 spiro atoms. The fourth-order valence-electron chi connectivity index (χ4n) is 5.16. The van der Waals surface area contributed by atoms with E-state index in [2.05, 4.69) is 22.8 Å². The summed E-state index contributed by atoms with van der Waals surface area (Å²) in [7, 11) is 3.93. The van der Waals surface area contributed by atoms with Gasteiger partial charge < -0.3 is 25.0 Å². The lowest BCUT2D eigenvalue weighted by Gasteiger charge is -2.37. The molecule has 1 aromatic carbocycles. The lowest BCUT2D eigenvalue weighted by Crippen LogP contribution is -2.50. The summed E-state index contributed by atoms with van der Waals surface area (Å²) in [6, 6.07) is 9.89. The molecule has 2 N–H and O–H groups in total. The molecule has 3 rings (SSSR count).